The number of benzene rings is 1. The molecule has 0 N–H and O–H groups in total. The molecule has 1 atom stereocenters. The van der Waals surface area contributed by atoms with Crippen LogP contribution in [0.2, 0.25) is 0 Å². The van der Waals surface area contributed by atoms with Crippen molar-refractivity contribution in [2.24, 2.45) is 10.2 Å². The van der Waals surface area contributed by atoms with Crippen molar-refractivity contribution >= 4 is 11.7 Å². The minimum absolute atomic E-state index is 0.444. The number of alkyl halides is 3. The Morgan fingerprint density at radius 1 is 1.29 bits per heavy atom. The van der Waals surface area contributed by atoms with Gasteiger partial charge in [-0.15, -0.1) is 13.2 Å². The van der Waals surface area contributed by atoms with E-state index in [1.807, 2.05) is 0 Å². The summed E-state index contributed by atoms with van der Waals surface area (Å²) in [6, 6.07) is 7.02. The second-order valence-corrected chi connectivity index (χ2v) is 3.09. The Kier molecular flexibility index (Phi) is 4.19. The van der Waals surface area contributed by atoms with Crippen LogP contribution in [0.25, 0.3) is 0 Å². The lowest BCUT2D eigenvalue weighted by atomic mass is 10.3. The number of rotatable bonds is 3. The van der Waals surface area contributed by atoms with Gasteiger partial charge in [0.2, 0.25) is 0 Å². The fourth-order valence-electron chi connectivity index (χ4n) is 0.894. The first kappa shape index (κ1) is 13.1. The van der Waals surface area contributed by atoms with Crippen LogP contribution in [0.3, 0.4) is 0 Å². The topological polar surface area (TPSA) is 51.0 Å². The zero-order valence-corrected chi connectivity index (χ0v) is 8.81. The summed E-state index contributed by atoms with van der Waals surface area (Å²) in [5.41, 5.74) is 0.444. The van der Waals surface area contributed by atoms with Crippen LogP contribution in [0.5, 0.6) is 0 Å². The highest BCUT2D eigenvalue weighted by atomic mass is 19.4. The molecule has 0 fully saturated rings. The molecule has 0 heterocycles. The molecular weight excluding hydrogens is 237 g/mol. The molecular formula is C10H9F3N2O2. The molecule has 0 radical (unpaired) electrons. The molecule has 17 heavy (non-hydrogen) atoms. The Morgan fingerprint density at radius 2 is 1.88 bits per heavy atom. The van der Waals surface area contributed by atoms with E-state index in [-0.39, 0.29) is 0 Å². The smallest absolute Gasteiger partial charge is 0.371 e. The van der Waals surface area contributed by atoms with E-state index in [0.29, 0.717) is 5.69 Å². The number of ether oxygens (including phenoxy) is 1. The molecule has 1 rings (SSSR count). The van der Waals surface area contributed by atoms with Gasteiger partial charge < -0.3 is 4.74 Å². The maximum Gasteiger partial charge on any atom is 0.575 e. The van der Waals surface area contributed by atoms with Gasteiger partial charge >= 0.3 is 12.3 Å². The second-order valence-electron chi connectivity index (χ2n) is 3.09. The minimum atomic E-state index is -4.99. The van der Waals surface area contributed by atoms with Crippen LogP contribution in [0, 0.1) is 0 Å². The number of halogens is 3. The van der Waals surface area contributed by atoms with E-state index in [9.17, 15) is 18.0 Å². The third-order valence-electron chi connectivity index (χ3n) is 1.66. The number of carbonyl (C=O) groups excluding carboxylic acids is 1. The monoisotopic (exact) mass is 246 g/mol. The third-order valence-corrected chi connectivity index (χ3v) is 1.66. The van der Waals surface area contributed by atoms with E-state index in [2.05, 4.69) is 15.0 Å². The molecule has 0 aliphatic carbocycles. The fourth-order valence-corrected chi connectivity index (χ4v) is 0.894. The van der Waals surface area contributed by atoms with Crippen molar-refractivity contribution in [2.45, 2.75) is 19.3 Å². The van der Waals surface area contributed by atoms with Crippen LogP contribution < -0.4 is 0 Å². The Balaban J connectivity index is 2.58. The lowest BCUT2D eigenvalue weighted by Crippen LogP contribution is -2.26. The van der Waals surface area contributed by atoms with Crippen LogP contribution in [-0.2, 0) is 9.53 Å². The highest BCUT2D eigenvalue weighted by molar-refractivity contribution is 5.75. The molecule has 0 bridgehead atoms. The standard InChI is InChI=1S/C10H9F3N2O2/c1-7(9(16)17-10(11,12)13)14-15-8-5-3-2-4-6-8/h2-7H,1H3. The van der Waals surface area contributed by atoms with E-state index in [1.54, 1.807) is 30.3 Å². The van der Waals surface area contributed by atoms with Gasteiger partial charge in [-0.05, 0) is 19.1 Å². The van der Waals surface area contributed by atoms with E-state index in [1.165, 1.54) is 6.92 Å². The molecule has 7 heteroatoms. The molecule has 0 aliphatic heterocycles. The molecule has 0 amide bonds. The molecule has 1 aromatic carbocycles. The van der Waals surface area contributed by atoms with Crippen molar-refractivity contribution in [1.82, 2.24) is 0 Å². The lowest BCUT2D eigenvalue weighted by Gasteiger charge is -2.08. The van der Waals surface area contributed by atoms with Gasteiger partial charge in [0, 0.05) is 0 Å². The van der Waals surface area contributed by atoms with Crippen LogP contribution in [-0.4, -0.2) is 18.4 Å². The van der Waals surface area contributed by atoms with E-state index in [4.69, 9.17) is 0 Å². The van der Waals surface area contributed by atoms with Crippen molar-refractivity contribution in [1.29, 1.82) is 0 Å². The molecule has 0 saturated carbocycles. The summed E-state index contributed by atoms with van der Waals surface area (Å²) in [6.45, 7) is 1.17. The van der Waals surface area contributed by atoms with E-state index < -0.39 is 18.4 Å². The number of esters is 1. The van der Waals surface area contributed by atoms with Crippen molar-refractivity contribution < 1.29 is 22.7 Å². The third kappa shape index (κ3) is 5.10. The molecule has 1 aromatic rings. The molecule has 0 spiro atoms. The highest BCUT2D eigenvalue weighted by Gasteiger charge is 2.35. The van der Waals surface area contributed by atoms with Crippen LogP contribution in [0.4, 0.5) is 18.9 Å². The van der Waals surface area contributed by atoms with Gasteiger partial charge in [-0.3, -0.25) is 0 Å². The second kappa shape index (κ2) is 5.42. The average Bonchev–Trinajstić information content (AvgIpc) is 2.25. The van der Waals surface area contributed by atoms with Crippen LogP contribution >= 0.6 is 0 Å². The van der Waals surface area contributed by atoms with Gasteiger partial charge in [-0.2, -0.15) is 10.2 Å². The summed E-state index contributed by atoms with van der Waals surface area (Å²) in [5.74, 6) is -1.49. The summed E-state index contributed by atoms with van der Waals surface area (Å²) < 4.78 is 38.3. The molecule has 92 valence electrons. The zero-order valence-electron chi connectivity index (χ0n) is 8.81. The van der Waals surface area contributed by atoms with Crippen molar-refractivity contribution in [3.63, 3.8) is 0 Å². The van der Waals surface area contributed by atoms with Gasteiger partial charge in [0.05, 0.1) is 5.69 Å². The predicted molar refractivity (Wildman–Crippen MR) is 52.6 cm³/mol. The summed E-state index contributed by atoms with van der Waals surface area (Å²) in [5, 5.41) is 7.04. The quantitative estimate of drug-likeness (QED) is 0.607. The number of carbonyl (C=O) groups is 1. The SMILES string of the molecule is CC(N=Nc1ccccc1)C(=O)OC(F)(F)F. The lowest BCUT2D eigenvalue weighted by molar-refractivity contribution is -0.306. The summed E-state index contributed by atoms with van der Waals surface area (Å²) >= 11 is 0. The van der Waals surface area contributed by atoms with Crippen molar-refractivity contribution in [3.05, 3.63) is 30.3 Å². The summed E-state index contributed by atoms with van der Waals surface area (Å²) in [4.78, 5) is 10.9. The fraction of sp³-hybridized carbons (Fsp3) is 0.300. The number of hydrogen-bond donors (Lipinski definition) is 0. The maximum absolute atomic E-state index is 11.7. The number of azo groups is 1. The van der Waals surface area contributed by atoms with Crippen molar-refractivity contribution in [3.8, 4) is 0 Å². The summed E-state index contributed by atoms with van der Waals surface area (Å²) in [7, 11) is 0. The highest BCUT2D eigenvalue weighted by Crippen LogP contribution is 2.18. The molecule has 0 saturated heterocycles. The maximum atomic E-state index is 11.7. The van der Waals surface area contributed by atoms with Crippen LogP contribution in [0.1, 0.15) is 6.92 Å². The number of hydrogen-bond acceptors (Lipinski definition) is 4. The van der Waals surface area contributed by atoms with Gasteiger partial charge in [0.1, 0.15) is 0 Å². The van der Waals surface area contributed by atoms with Gasteiger partial charge in [0.25, 0.3) is 0 Å². The Hall–Kier alpha value is -1.92. The van der Waals surface area contributed by atoms with Crippen molar-refractivity contribution in [2.75, 3.05) is 0 Å². The molecule has 0 aliphatic rings. The minimum Gasteiger partial charge on any atom is -0.371 e. The van der Waals surface area contributed by atoms with Gasteiger partial charge in [-0.25, -0.2) is 4.79 Å². The molecule has 0 aromatic heterocycles. The first-order valence-electron chi connectivity index (χ1n) is 4.64. The largest absolute Gasteiger partial charge is 0.575 e. The number of nitrogens with zero attached hydrogens (tertiary/aromatic N) is 2. The van der Waals surface area contributed by atoms with Gasteiger partial charge in [0.15, 0.2) is 6.04 Å². The normalized spacial score (nSPS) is 13.6. The van der Waals surface area contributed by atoms with Crippen LogP contribution in [0.15, 0.2) is 40.6 Å². The Bertz CT molecular complexity index is 404. The first-order valence-corrected chi connectivity index (χ1v) is 4.64. The van der Waals surface area contributed by atoms with E-state index in [0.717, 1.165) is 0 Å². The molecule has 1 unspecified atom stereocenters. The zero-order chi connectivity index (χ0) is 12.9. The Morgan fingerprint density at radius 3 is 2.41 bits per heavy atom. The van der Waals surface area contributed by atoms with E-state index >= 15 is 0 Å². The predicted octanol–water partition coefficient (Wildman–Crippen LogP) is 3.22. The average molecular weight is 246 g/mol. The first-order chi connectivity index (χ1) is 7.88. The summed E-state index contributed by atoms with van der Waals surface area (Å²) in [6.07, 6.45) is -4.99. The molecule has 4 nitrogen and oxygen atoms in total. The van der Waals surface area contributed by atoms with Gasteiger partial charge in [-0.1, -0.05) is 18.2 Å². The Labute approximate surface area is 95.1 Å².